The van der Waals surface area contributed by atoms with Crippen LogP contribution in [0.15, 0.2) is 36.5 Å². The molecule has 340 valence electrons. The Bertz CT molecular complexity index is 983. The monoisotopic (exact) mass is 823 g/mol. The van der Waals surface area contributed by atoms with Gasteiger partial charge < -0.3 is 39.4 Å². The van der Waals surface area contributed by atoms with Crippen molar-refractivity contribution in [2.75, 3.05) is 26.4 Å². The fourth-order valence-electron chi connectivity index (χ4n) is 7.33. The van der Waals surface area contributed by atoms with Crippen molar-refractivity contribution >= 4 is 5.97 Å². The predicted octanol–water partition coefficient (Wildman–Crippen LogP) is 11.1. The number of esters is 1. The van der Waals surface area contributed by atoms with Gasteiger partial charge in [0, 0.05) is 13.0 Å². The first-order valence-corrected chi connectivity index (χ1v) is 24.1. The molecule has 0 aromatic heterocycles. The van der Waals surface area contributed by atoms with Crippen molar-refractivity contribution in [1.29, 1.82) is 0 Å². The quantitative estimate of drug-likeness (QED) is 0.0270. The lowest BCUT2D eigenvalue weighted by Gasteiger charge is -2.39. The first-order chi connectivity index (χ1) is 28.4. The molecule has 6 atom stereocenters. The van der Waals surface area contributed by atoms with Gasteiger partial charge in [0.2, 0.25) is 0 Å². The average Bonchev–Trinajstić information content (AvgIpc) is 3.22. The van der Waals surface area contributed by atoms with Crippen LogP contribution in [-0.4, -0.2) is 89.6 Å². The zero-order valence-corrected chi connectivity index (χ0v) is 37.3. The Morgan fingerprint density at radius 3 is 1.59 bits per heavy atom. The SMILES string of the molecule is CC/C=C\C/C=C\C/C=C\CCCCCCCCCCOCC(COC1OC(CO)C(O)C(O)C1O)OC(=O)CCCCCCCCCCCCCCCCCCC. The third-order valence-electron chi connectivity index (χ3n) is 11.1. The average molecular weight is 823 g/mol. The second-order valence-electron chi connectivity index (χ2n) is 16.5. The van der Waals surface area contributed by atoms with E-state index in [9.17, 15) is 25.2 Å². The van der Waals surface area contributed by atoms with Crippen LogP contribution in [0.25, 0.3) is 0 Å². The van der Waals surface area contributed by atoms with E-state index in [0.717, 1.165) is 57.8 Å². The Morgan fingerprint density at radius 1 is 0.569 bits per heavy atom. The maximum atomic E-state index is 12.8. The molecule has 0 amide bonds. The number of aliphatic hydroxyl groups excluding tert-OH is 4. The Balaban J connectivity index is 2.23. The molecule has 9 nitrogen and oxygen atoms in total. The molecule has 0 aromatic carbocycles. The van der Waals surface area contributed by atoms with Crippen molar-refractivity contribution in [1.82, 2.24) is 0 Å². The lowest BCUT2D eigenvalue weighted by molar-refractivity contribution is -0.305. The van der Waals surface area contributed by atoms with Crippen LogP contribution in [0.4, 0.5) is 0 Å². The summed E-state index contributed by atoms with van der Waals surface area (Å²) in [5, 5.41) is 40.2. The molecule has 1 rings (SSSR count). The van der Waals surface area contributed by atoms with Crippen LogP contribution in [-0.2, 0) is 23.7 Å². The van der Waals surface area contributed by atoms with Gasteiger partial charge in [0.25, 0.3) is 0 Å². The molecule has 0 saturated carbocycles. The smallest absolute Gasteiger partial charge is 0.306 e. The Kier molecular flexibility index (Phi) is 38.3. The van der Waals surface area contributed by atoms with Crippen LogP contribution in [0.1, 0.15) is 206 Å². The molecule has 0 aromatic rings. The number of ether oxygens (including phenoxy) is 4. The number of unbranched alkanes of at least 4 members (excludes halogenated alkanes) is 24. The van der Waals surface area contributed by atoms with Crippen LogP contribution in [0.5, 0.6) is 0 Å². The predicted molar refractivity (Wildman–Crippen MR) is 238 cm³/mol. The van der Waals surface area contributed by atoms with E-state index in [1.807, 2.05) is 0 Å². The van der Waals surface area contributed by atoms with Crippen LogP contribution >= 0.6 is 0 Å². The van der Waals surface area contributed by atoms with Gasteiger partial charge in [0.15, 0.2) is 6.29 Å². The Morgan fingerprint density at radius 2 is 1.05 bits per heavy atom. The van der Waals surface area contributed by atoms with Gasteiger partial charge in [-0.2, -0.15) is 0 Å². The Hall–Kier alpha value is -1.59. The van der Waals surface area contributed by atoms with Crippen molar-refractivity contribution in [3.63, 3.8) is 0 Å². The highest BCUT2D eigenvalue weighted by Gasteiger charge is 2.44. The molecule has 4 N–H and O–H groups in total. The van der Waals surface area contributed by atoms with Gasteiger partial charge in [-0.25, -0.2) is 0 Å². The van der Waals surface area contributed by atoms with Crippen LogP contribution < -0.4 is 0 Å². The normalized spacial score (nSPS) is 20.6. The van der Waals surface area contributed by atoms with Gasteiger partial charge in [-0.1, -0.05) is 192 Å². The van der Waals surface area contributed by atoms with E-state index in [4.69, 9.17) is 18.9 Å². The zero-order valence-electron chi connectivity index (χ0n) is 37.3. The Labute approximate surface area is 355 Å². The number of hydrogen-bond acceptors (Lipinski definition) is 9. The lowest BCUT2D eigenvalue weighted by Crippen LogP contribution is -2.59. The summed E-state index contributed by atoms with van der Waals surface area (Å²) in [5.41, 5.74) is 0. The maximum Gasteiger partial charge on any atom is 0.306 e. The molecule has 1 aliphatic heterocycles. The number of carbonyl (C=O) groups is 1. The molecule has 1 aliphatic rings. The van der Waals surface area contributed by atoms with Crippen molar-refractivity contribution in [3.05, 3.63) is 36.5 Å². The number of carbonyl (C=O) groups excluding carboxylic acids is 1. The summed E-state index contributed by atoms with van der Waals surface area (Å²) in [7, 11) is 0. The number of rotatable bonds is 41. The fraction of sp³-hybridized carbons (Fsp3) is 0.857. The second kappa shape index (κ2) is 40.8. The van der Waals surface area contributed by atoms with Crippen LogP contribution in [0, 0.1) is 0 Å². The first kappa shape index (κ1) is 54.4. The van der Waals surface area contributed by atoms with E-state index < -0.39 is 43.4 Å². The lowest BCUT2D eigenvalue weighted by atomic mass is 9.99. The number of aliphatic hydroxyl groups is 4. The molecule has 1 saturated heterocycles. The van der Waals surface area contributed by atoms with Crippen LogP contribution in [0.2, 0.25) is 0 Å². The van der Waals surface area contributed by atoms with Gasteiger partial charge in [0.05, 0.1) is 19.8 Å². The topological polar surface area (TPSA) is 135 Å². The van der Waals surface area contributed by atoms with Gasteiger partial charge in [-0.3, -0.25) is 4.79 Å². The third kappa shape index (κ3) is 31.3. The summed E-state index contributed by atoms with van der Waals surface area (Å²) in [6.07, 6.45) is 41.7. The highest BCUT2D eigenvalue weighted by molar-refractivity contribution is 5.69. The standard InChI is InChI=1S/C49H90O9/c1-3-5-7-9-11-13-15-17-19-21-23-25-27-29-31-33-35-37-39-55-41-43(42-56-49-48(54)47(53)46(52)44(40-50)58-49)57-45(51)38-36-34-32-30-28-26-24-22-20-18-16-14-12-10-8-6-4-2/h5,7,11,13,17,19,43-44,46-50,52-54H,3-4,6,8-10,12,14-16,18,20-42H2,1-2H3/b7-5-,13-11-,19-17-. The molecule has 1 fully saturated rings. The van der Waals surface area contributed by atoms with Crippen molar-refractivity contribution < 1.29 is 44.2 Å². The van der Waals surface area contributed by atoms with Crippen molar-refractivity contribution in [3.8, 4) is 0 Å². The summed E-state index contributed by atoms with van der Waals surface area (Å²) in [5.74, 6) is -0.314. The fourth-order valence-corrected chi connectivity index (χ4v) is 7.33. The molecule has 0 aliphatic carbocycles. The number of hydrogen-bond donors (Lipinski definition) is 4. The van der Waals surface area contributed by atoms with E-state index in [1.54, 1.807) is 0 Å². The van der Waals surface area contributed by atoms with E-state index in [2.05, 4.69) is 50.3 Å². The maximum absolute atomic E-state index is 12.8. The third-order valence-corrected chi connectivity index (χ3v) is 11.1. The van der Waals surface area contributed by atoms with E-state index >= 15 is 0 Å². The molecule has 9 heteroatoms. The first-order valence-electron chi connectivity index (χ1n) is 24.1. The van der Waals surface area contributed by atoms with Gasteiger partial charge >= 0.3 is 5.97 Å². The second-order valence-corrected chi connectivity index (χ2v) is 16.5. The summed E-state index contributed by atoms with van der Waals surface area (Å²) < 4.78 is 22.9. The summed E-state index contributed by atoms with van der Waals surface area (Å²) in [6.45, 7) is 4.46. The summed E-state index contributed by atoms with van der Waals surface area (Å²) in [4.78, 5) is 12.8. The van der Waals surface area contributed by atoms with Gasteiger partial charge in [-0.05, 0) is 44.9 Å². The molecule has 0 bridgehead atoms. The van der Waals surface area contributed by atoms with E-state index in [-0.39, 0.29) is 19.2 Å². The van der Waals surface area contributed by atoms with E-state index in [1.165, 1.54) is 128 Å². The molecule has 1 heterocycles. The minimum Gasteiger partial charge on any atom is -0.457 e. The van der Waals surface area contributed by atoms with Gasteiger partial charge in [0.1, 0.15) is 30.5 Å². The summed E-state index contributed by atoms with van der Waals surface area (Å²) >= 11 is 0. The minimum absolute atomic E-state index is 0.114. The van der Waals surface area contributed by atoms with Crippen molar-refractivity contribution in [2.24, 2.45) is 0 Å². The van der Waals surface area contributed by atoms with Crippen LogP contribution in [0.3, 0.4) is 0 Å². The molecule has 6 unspecified atom stereocenters. The molecular formula is C49H90O9. The van der Waals surface area contributed by atoms with E-state index in [0.29, 0.717) is 13.0 Å². The largest absolute Gasteiger partial charge is 0.457 e. The highest BCUT2D eigenvalue weighted by atomic mass is 16.7. The van der Waals surface area contributed by atoms with Crippen molar-refractivity contribution in [2.45, 2.75) is 243 Å². The molecular weight excluding hydrogens is 733 g/mol. The van der Waals surface area contributed by atoms with Gasteiger partial charge in [-0.15, -0.1) is 0 Å². The molecule has 0 radical (unpaired) electrons. The summed E-state index contributed by atoms with van der Waals surface area (Å²) in [6, 6.07) is 0. The molecule has 58 heavy (non-hydrogen) atoms. The zero-order chi connectivity index (χ0) is 42.2. The number of allylic oxidation sites excluding steroid dienone is 6. The minimum atomic E-state index is -1.54. The molecule has 0 spiro atoms. The highest BCUT2D eigenvalue weighted by Crippen LogP contribution is 2.23.